The van der Waals surface area contributed by atoms with E-state index in [4.69, 9.17) is 0 Å². The van der Waals surface area contributed by atoms with E-state index in [1.54, 1.807) is 36.5 Å². The highest BCUT2D eigenvalue weighted by atomic mass is 16.2. The number of hydrogen-bond acceptors (Lipinski definition) is 4. The highest BCUT2D eigenvalue weighted by Crippen LogP contribution is 2.32. The second-order valence-corrected chi connectivity index (χ2v) is 6.87. The predicted molar refractivity (Wildman–Crippen MR) is 109 cm³/mol. The molecule has 146 valence electrons. The van der Waals surface area contributed by atoms with Crippen molar-refractivity contribution in [1.82, 2.24) is 15.2 Å². The van der Waals surface area contributed by atoms with E-state index in [2.05, 4.69) is 15.6 Å². The van der Waals surface area contributed by atoms with Crippen LogP contribution in [-0.2, 0) is 15.1 Å². The Labute approximate surface area is 167 Å². The summed E-state index contributed by atoms with van der Waals surface area (Å²) in [5, 5.41) is 6.35. The number of rotatable bonds is 5. The molecule has 7 nitrogen and oxygen atoms in total. The van der Waals surface area contributed by atoms with Crippen molar-refractivity contribution in [2.75, 3.05) is 11.9 Å². The Morgan fingerprint density at radius 3 is 2.62 bits per heavy atom. The zero-order valence-corrected chi connectivity index (χ0v) is 15.9. The molecule has 1 saturated heterocycles. The highest BCUT2D eigenvalue weighted by Gasteiger charge is 2.51. The van der Waals surface area contributed by atoms with Gasteiger partial charge in [-0.25, -0.2) is 4.79 Å². The van der Waals surface area contributed by atoms with Crippen LogP contribution >= 0.6 is 0 Å². The van der Waals surface area contributed by atoms with Gasteiger partial charge in [-0.1, -0.05) is 43.3 Å². The molecule has 7 heteroatoms. The van der Waals surface area contributed by atoms with Crippen LogP contribution < -0.4 is 10.6 Å². The van der Waals surface area contributed by atoms with Crippen LogP contribution in [-0.4, -0.2) is 34.3 Å². The summed E-state index contributed by atoms with van der Waals surface area (Å²) in [5.41, 5.74) is 0.873. The lowest BCUT2D eigenvalue weighted by Crippen LogP contribution is -2.44. The number of amides is 4. The van der Waals surface area contributed by atoms with E-state index in [0.717, 1.165) is 15.8 Å². The van der Waals surface area contributed by atoms with Crippen LogP contribution in [0.25, 0.3) is 10.9 Å². The Hall–Kier alpha value is -3.74. The summed E-state index contributed by atoms with van der Waals surface area (Å²) >= 11 is 0. The number of hydrogen-bond donors (Lipinski definition) is 2. The van der Waals surface area contributed by atoms with Gasteiger partial charge in [-0.2, -0.15) is 0 Å². The lowest BCUT2D eigenvalue weighted by atomic mass is 9.87. The maximum Gasteiger partial charge on any atom is 0.325 e. The molecule has 29 heavy (non-hydrogen) atoms. The highest BCUT2D eigenvalue weighted by molar-refractivity contribution is 6.11. The molecule has 0 spiro atoms. The minimum atomic E-state index is -1.15. The molecule has 2 aromatic carbocycles. The van der Waals surface area contributed by atoms with Crippen molar-refractivity contribution >= 4 is 34.4 Å². The predicted octanol–water partition coefficient (Wildman–Crippen LogP) is 3.03. The fourth-order valence-corrected chi connectivity index (χ4v) is 3.68. The summed E-state index contributed by atoms with van der Waals surface area (Å²) in [5.74, 6) is -0.879. The topological polar surface area (TPSA) is 91.4 Å². The van der Waals surface area contributed by atoms with Gasteiger partial charge in [0.05, 0.1) is 11.2 Å². The Bertz CT molecular complexity index is 1090. The zero-order valence-electron chi connectivity index (χ0n) is 15.9. The summed E-state index contributed by atoms with van der Waals surface area (Å²) in [6.07, 6.45) is 2.06. The molecule has 4 amide bonds. The first-order valence-electron chi connectivity index (χ1n) is 9.38. The van der Waals surface area contributed by atoms with Gasteiger partial charge in [0.1, 0.15) is 12.1 Å². The number of nitrogens with zero attached hydrogens (tertiary/aromatic N) is 2. The number of imide groups is 1. The van der Waals surface area contributed by atoms with E-state index in [9.17, 15) is 14.4 Å². The van der Waals surface area contributed by atoms with Crippen molar-refractivity contribution in [3.8, 4) is 0 Å². The number of pyridine rings is 1. The Kier molecular flexibility index (Phi) is 4.72. The maximum absolute atomic E-state index is 13.1. The van der Waals surface area contributed by atoms with E-state index >= 15 is 0 Å². The third-order valence-corrected chi connectivity index (χ3v) is 5.19. The smallest absolute Gasteiger partial charge is 0.324 e. The normalized spacial score (nSPS) is 18.7. The first-order valence-corrected chi connectivity index (χ1v) is 9.38. The molecular formula is C22H20N4O3. The van der Waals surface area contributed by atoms with Crippen LogP contribution in [0.15, 0.2) is 66.9 Å². The standard InChI is InChI=1S/C22H20N4O3/c1-2-22(15-8-4-3-5-9-15)20(28)26(21(29)25-22)14-19(27)24-18-12-6-11-17-16(18)10-7-13-23-17/h3-13H,2,14H2,1H3,(H,24,27)(H,25,29). The average molecular weight is 388 g/mol. The van der Waals surface area contributed by atoms with Crippen molar-refractivity contribution in [1.29, 1.82) is 0 Å². The van der Waals surface area contributed by atoms with E-state index < -0.39 is 23.4 Å². The number of anilines is 1. The molecule has 3 aromatic rings. The Morgan fingerprint density at radius 2 is 1.86 bits per heavy atom. The van der Waals surface area contributed by atoms with Gasteiger partial charge in [0.25, 0.3) is 5.91 Å². The maximum atomic E-state index is 13.1. The second-order valence-electron chi connectivity index (χ2n) is 6.87. The zero-order chi connectivity index (χ0) is 20.4. The summed E-state index contributed by atoms with van der Waals surface area (Å²) in [7, 11) is 0. The molecule has 0 radical (unpaired) electrons. The summed E-state index contributed by atoms with van der Waals surface area (Å²) in [4.78, 5) is 43.5. The molecule has 1 aromatic heterocycles. The van der Waals surface area contributed by atoms with Crippen molar-refractivity contribution in [2.24, 2.45) is 0 Å². The molecule has 1 aliphatic rings. The van der Waals surface area contributed by atoms with Gasteiger partial charge in [0, 0.05) is 11.6 Å². The van der Waals surface area contributed by atoms with Gasteiger partial charge in [-0.05, 0) is 36.2 Å². The van der Waals surface area contributed by atoms with Crippen molar-refractivity contribution in [3.05, 3.63) is 72.4 Å². The van der Waals surface area contributed by atoms with Crippen LogP contribution in [0.2, 0.25) is 0 Å². The number of fused-ring (bicyclic) bond motifs is 1. The van der Waals surface area contributed by atoms with Crippen molar-refractivity contribution in [3.63, 3.8) is 0 Å². The molecule has 0 aliphatic carbocycles. The molecule has 1 unspecified atom stereocenters. The number of carbonyl (C=O) groups is 3. The minimum Gasteiger partial charge on any atom is -0.324 e. The molecular weight excluding hydrogens is 368 g/mol. The third kappa shape index (κ3) is 3.20. The average Bonchev–Trinajstić information content (AvgIpc) is 3.00. The molecule has 1 aliphatic heterocycles. The summed E-state index contributed by atoms with van der Waals surface area (Å²) in [6.45, 7) is 1.47. The van der Waals surface area contributed by atoms with Crippen LogP contribution in [0.1, 0.15) is 18.9 Å². The number of benzene rings is 2. The van der Waals surface area contributed by atoms with Gasteiger partial charge in [0.15, 0.2) is 0 Å². The Morgan fingerprint density at radius 1 is 1.07 bits per heavy atom. The first-order chi connectivity index (χ1) is 14.0. The van der Waals surface area contributed by atoms with Gasteiger partial charge < -0.3 is 10.6 Å². The molecule has 1 fully saturated rings. The van der Waals surface area contributed by atoms with Crippen LogP contribution in [0.4, 0.5) is 10.5 Å². The number of urea groups is 1. The third-order valence-electron chi connectivity index (χ3n) is 5.19. The molecule has 4 rings (SSSR count). The molecule has 1 atom stereocenters. The molecule has 0 bridgehead atoms. The lowest BCUT2D eigenvalue weighted by Gasteiger charge is -2.25. The summed E-state index contributed by atoms with van der Waals surface area (Å²) in [6, 6.07) is 17.5. The minimum absolute atomic E-state index is 0.365. The number of carbonyl (C=O) groups excluding carboxylic acids is 3. The van der Waals surface area contributed by atoms with E-state index in [1.807, 2.05) is 37.3 Å². The van der Waals surface area contributed by atoms with Gasteiger partial charge in [-0.15, -0.1) is 0 Å². The lowest BCUT2D eigenvalue weighted by molar-refractivity contribution is -0.134. The van der Waals surface area contributed by atoms with Gasteiger partial charge in [-0.3, -0.25) is 19.5 Å². The molecule has 2 N–H and O–H groups in total. The van der Waals surface area contributed by atoms with Gasteiger partial charge in [0.2, 0.25) is 5.91 Å². The molecule has 0 saturated carbocycles. The SMILES string of the molecule is CCC1(c2ccccc2)NC(=O)N(CC(=O)Nc2cccc3ncccc23)C1=O. The van der Waals surface area contributed by atoms with Gasteiger partial charge >= 0.3 is 6.03 Å². The van der Waals surface area contributed by atoms with Crippen LogP contribution in [0.5, 0.6) is 0 Å². The number of aromatic nitrogens is 1. The van der Waals surface area contributed by atoms with E-state index in [-0.39, 0.29) is 6.54 Å². The van der Waals surface area contributed by atoms with Crippen LogP contribution in [0.3, 0.4) is 0 Å². The number of nitrogens with one attached hydrogen (secondary N) is 2. The van der Waals surface area contributed by atoms with E-state index in [1.165, 1.54) is 0 Å². The van der Waals surface area contributed by atoms with Crippen molar-refractivity contribution in [2.45, 2.75) is 18.9 Å². The Balaban J connectivity index is 1.55. The quantitative estimate of drug-likeness (QED) is 0.657. The second kappa shape index (κ2) is 7.35. The fourth-order valence-electron chi connectivity index (χ4n) is 3.68. The van der Waals surface area contributed by atoms with E-state index in [0.29, 0.717) is 17.7 Å². The first kappa shape index (κ1) is 18.6. The van der Waals surface area contributed by atoms with Crippen molar-refractivity contribution < 1.29 is 14.4 Å². The summed E-state index contributed by atoms with van der Waals surface area (Å²) < 4.78 is 0. The fraction of sp³-hybridized carbons (Fsp3) is 0.182. The van der Waals surface area contributed by atoms with Crippen LogP contribution in [0, 0.1) is 0 Å². The largest absolute Gasteiger partial charge is 0.325 e. The molecule has 2 heterocycles. The monoisotopic (exact) mass is 388 g/mol.